The van der Waals surface area contributed by atoms with Crippen LogP contribution >= 0.6 is 0 Å². The lowest BCUT2D eigenvalue weighted by Gasteiger charge is -2.28. The largest absolute Gasteiger partial charge is 0.192 e. The number of fused-ring (bicyclic) bond motifs is 1. The minimum Gasteiger partial charge on any atom is -0.192 e. The standard InChI is InChI=1S/C21H20N2/c1-13-9-16-5-4-6-19(21(16)17(10-13)11-22)18-8-7-14(2)15(3)20(18)12-23/h7-10,19H,4-6H2,1-3H3/t19-/m1/s1. The van der Waals surface area contributed by atoms with Gasteiger partial charge in [-0.1, -0.05) is 18.2 Å². The van der Waals surface area contributed by atoms with Crippen molar-refractivity contribution in [3.05, 3.63) is 68.8 Å². The second kappa shape index (κ2) is 5.90. The van der Waals surface area contributed by atoms with E-state index < -0.39 is 0 Å². The van der Waals surface area contributed by atoms with Gasteiger partial charge in [0.1, 0.15) is 0 Å². The molecule has 0 aliphatic heterocycles. The van der Waals surface area contributed by atoms with Crippen molar-refractivity contribution < 1.29 is 0 Å². The van der Waals surface area contributed by atoms with Crippen LogP contribution in [-0.2, 0) is 6.42 Å². The van der Waals surface area contributed by atoms with Gasteiger partial charge >= 0.3 is 0 Å². The van der Waals surface area contributed by atoms with Crippen LogP contribution in [0.2, 0.25) is 0 Å². The fraction of sp³-hybridized carbons (Fsp3) is 0.333. The first-order chi connectivity index (χ1) is 11.1. The minimum absolute atomic E-state index is 0.156. The topological polar surface area (TPSA) is 47.6 Å². The Kier molecular flexibility index (Phi) is 3.93. The molecule has 2 nitrogen and oxygen atoms in total. The van der Waals surface area contributed by atoms with Crippen LogP contribution in [0.4, 0.5) is 0 Å². The molecule has 0 saturated heterocycles. The lowest BCUT2D eigenvalue weighted by Crippen LogP contribution is -2.15. The van der Waals surface area contributed by atoms with Crippen molar-refractivity contribution in [3.8, 4) is 12.1 Å². The van der Waals surface area contributed by atoms with E-state index in [0.29, 0.717) is 0 Å². The Morgan fingerprint density at radius 3 is 2.52 bits per heavy atom. The van der Waals surface area contributed by atoms with Gasteiger partial charge in [0.25, 0.3) is 0 Å². The van der Waals surface area contributed by atoms with Gasteiger partial charge in [-0.25, -0.2) is 0 Å². The monoisotopic (exact) mass is 300 g/mol. The summed E-state index contributed by atoms with van der Waals surface area (Å²) in [6.07, 6.45) is 3.13. The van der Waals surface area contributed by atoms with E-state index in [1.807, 2.05) is 26.8 Å². The fourth-order valence-corrected chi connectivity index (χ4v) is 3.81. The Balaban J connectivity index is 2.25. The molecule has 1 atom stereocenters. The molecule has 0 fully saturated rings. The molecular weight excluding hydrogens is 280 g/mol. The lowest BCUT2D eigenvalue weighted by atomic mass is 9.74. The number of aryl methyl sites for hydroxylation is 3. The van der Waals surface area contributed by atoms with E-state index in [2.05, 4.69) is 30.3 Å². The summed E-state index contributed by atoms with van der Waals surface area (Å²) in [7, 11) is 0. The van der Waals surface area contributed by atoms with Crippen LogP contribution in [0.15, 0.2) is 24.3 Å². The van der Waals surface area contributed by atoms with E-state index in [1.165, 1.54) is 5.56 Å². The van der Waals surface area contributed by atoms with Crippen LogP contribution in [0.5, 0.6) is 0 Å². The third-order valence-electron chi connectivity index (χ3n) is 5.07. The van der Waals surface area contributed by atoms with E-state index in [0.717, 1.165) is 58.2 Å². The Bertz CT molecular complexity index is 863. The highest BCUT2D eigenvalue weighted by Gasteiger charge is 2.27. The van der Waals surface area contributed by atoms with Gasteiger partial charge in [0.15, 0.2) is 0 Å². The summed E-state index contributed by atoms with van der Waals surface area (Å²) in [5, 5.41) is 19.3. The van der Waals surface area contributed by atoms with Gasteiger partial charge in [-0.15, -0.1) is 0 Å². The smallest absolute Gasteiger partial charge is 0.0997 e. The molecule has 0 bridgehead atoms. The first-order valence-electron chi connectivity index (χ1n) is 8.10. The average Bonchev–Trinajstić information content (AvgIpc) is 2.55. The molecular formula is C21H20N2. The van der Waals surface area contributed by atoms with Crippen LogP contribution in [-0.4, -0.2) is 0 Å². The fourth-order valence-electron chi connectivity index (χ4n) is 3.81. The quantitative estimate of drug-likeness (QED) is 0.757. The maximum absolute atomic E-state index is 9.66. The lowest BCUT2D eigenvalue weighted by molar-refractivity contribution is 0.612. The maximum atomic E-state index is 9.66. The van der Waals surface area contributed by atoms with Crippen LogP contribution in [0, 0.1) is 43.4 Å². The summed E-state index contributed by atoms with van der Waals surface area (Å²) < 4.78 is 0. The number of hydrogen-bond donors (Lipinski definition) is 0. The third-order valence-corrected chi connectivity index (χ3v) is 5.07. The molecule has 0 N–H and O–H groups in total. The molecule has 114 valence electrons. The van der Waals surface area contributed by atoms with E-state index in [-0.39, 0.29) is 5.92 Å². The number of nitrogens with zero attached hydrogens (tertiary/aromatic N) is 2. The Morgan fingerprint density at radius 2 is 1.83 bits per heavy atom. The van der Waals surface area contributed by atoms with Crippen molar-refractivity contribution in [2.45, 2.75) is 46.0 Å². The predicted molar refractivity (Wildman–Crippen MR) is 91.3 cm³/mol. The summed E-state index contributed by atoms with van der Waals surface area (Å²) in [6.45, 7) is 6.10. The Hall–Kier alpha value is -2.58. The molecule has 0 saturated carbocycles. The minimum atomic E-state index is 0.156. The Morgan fingerprint density at radius 1 is 1.04 bits per heavy atom. The number of nitriles is 2. The third kappa shape index (κ3) is 2.51. The van der Waals surface area contributed by atoms with Crippen molar-refractivity contribution in [2.75, 3.05) is 0 Å². The molecule has 1 aliphatic carbocycles. The molecule has 0 spiro atoms. The zero-order chi connectivity index (χ0) is 16.6. The number of benzene rings is 2. The molecule has 2 heteroatoms. The summed E-state index contributed by atoms with van der Waals surface area (Å²) in [5.41, 5.74) is 8.40. The molecule has 1 aliphatic rings. The number of rotatable bonds is 1. The molecule has 3 rings (SSSR count). The summed E-state index contributed by atoms with van der Waals surface area (Å²) in [5.74, 6) is 0.156. The van der Waals surface area contributed by atoms with E-state index in [1.54, 1.807) is 0 Å². The van der Waals surface area contributed by atoms with E-state index in [4.69, 9.17) is 0 Å². The van der Waals surface area contributed by atoms with Gasteiger partial charge in [0.2, 0.25) is 0 Å². The van der Waals surface area contributed by atoms with Gasteiger partial charge in [-0.05, 0) is 79.5 Å². The van der Waals surface area contributed by atoms with Gasteiger partial charge in [0, 0.05) is 5.92 Å². The zero-order valence-corrected chi connectivity index (χ0v) is 13.9. The molecule has 0 aromatic heterocycles. The first-order valence-corrected chi connectivity index (χ1v) is 8.10. The van der Waals surface area contributed by atoms with Crippen molar-refractivity contribution in [1.82, 2.24) is 0 Å². The van der Waals surface area contributed by atoms with Crippen molar-refractivity contribution in [1.29, 1.82) is 10.5 Å². The molecule has 2 aromatic rings. The molecule has 0 unspecified atom stereocenters. The highest BCUT2D eigenvalue weighted by Crippen LogP contribution is 2.41. The van der Waals surface area contributed by atoms with Crippen molar-refractivity contribution in [2.24, 2.45) is 0 Å². The predicted octanol–water partition coefficient (Wildman–Crippen LogP) is 4.82. The molecule has 0 amide bonds. The molecule has 2 aromatic carbocycles. The Labute approximate surface area is 138 Å². The molecule has 23 heavy (non-hydrogen) atoms. The SMILES string of the molecule is Cc1cc(C#N)c2c(c1)CCC[C@@H]2c1ccc(C)c(C)c1C#N. The second-order valence-corrected chi connectivity index (χ2v) is 6.53. The van der Waals surface area contributed by atoms with Crippen LogP contribution in [0.3, 0.4) is 0 Å². The van der Waals surface area contributed by atoms with Gasteiger partial charge < -0.3 is 0 Å². The summed E-state index contributed by atoms with van der Waals surface area (Å²) >= 11 is 0. The van der Waals surface area contributed by atoms with E-state index >= 15 is 0 Å². The zero-order valence-electron chi connectivity index (χ0n) is 13.9. The summed E-state index contributed by atoms with van der Waals surface area (Å²) in [4.78, 5) is 0. The van der Waals surface area contributed by atoms with Crippen LogP contribution < -0.4 is 0 Å². The molecule has 0 radical (unpaired) electrons. The van der Waals surface area contributed by atoms with Gasteiger partial charge in [-0.3, -0.25) is 0 Å². The highest BCUT2D eigenvalue weighted by molar-refractivity contribution is 5.57. The summed E-state index contributed by atoms with van der Waals surface area (Å²) in [6, 6.07) is 13.1. The highest BCUT2D eigenvalue weighted by atomic mass is 14.3. The molecule has 0 heterocycles. The number of hydrogen-bond acceptors (Lipinski definition) is 2. The van der Waals surface area contributed by atoms with Crippen molar-refractivity contribution >= 4 is 0 Å². The second-order valence-electron chi connectivity index (χ2n) is 6.53. The average molecular weight is 300 g/mol. The van der Waals surface area contributed by atoms with Crippen LogP contribution in [0.1, 0.15) is 63.3 Å². The van der Waals surface area contributed by atoms with Crippen molar-refractivity contribution in [3.63, 3.8) is 0 Å². The van der Waals surface area contributed by atoms with Gasteiger partial charge in [0.05, 0.1) is 23.3 Å². The first kappa shape index (κ1) is 15.3. The van der Waals surface area contributed by atoms with E-state index in [9.17, 15) is 10.5 Å². The van der Waals surface area contributed by atoms with Gasteiger partial charge in [-0.2, -0.15) is 10.5 Å². The normalized spacial score (nSPS) is 16.3. The van der Waals surface area contributed by atoms with Crippen LogP contribution in [0.25, 0.3) is 0 Å². The maximum Gasteiger partial charge on any atom is 0.0997 e.